The number of hydrogen-bond donors (Lipinski definition) is 1. The molecule has 0 radical (unpaired) electrons. The van der Waals surface area contributed by atoms with Gasteiger partial charge in [-0.15, -0.1) is 0 Å². The third kappa shape index (κ3) is 4.05. The molecule has 2 aromatic rings. The number of nitrogens with zero attached hydrogens (tertiary/aromatic N) is 1. The number of pyridine rings is 1. The summed E-state index contributed by atoms with van der Waals surface area (Å²) in [5.74, 6) is -0.783. The molecule has 0 aliphatic heterocycles. The number of rotatable bonds is 6. The summed E-state index contributed by atoms with van der Waals surface area (Å²) in [6.45, 7) is 3.82. The Morgan fingerprint density at radius 2 is 1.88 bits per heavy atom. The number of nitrogens with one attached hydrogen (secondary N) is 1. The van der Waals surface area contributed by atoms with Gasteiger partial charge in [0.05, 0.1) is 17.7 Å². The van der Waals surface area contributed by atoms with E-state index in [0.717, 1.165) is 18.4 Å². The minimum Gasteiger partial charge on any atom is -0.349 e. The quantitative estimate of drug-likeness (QED) is 0.823. The number of ketones is 1. The maximum atomic E-state index is 12.7. The molecular weight excluding hydrogens is 316 g/mol. The topological polar surface area (TPSA) is 68.2 Å². The van der Waals surface area contributed by atoms with Gasteiger partial charge in [0.15, 0.2) is 5.78 Å². The third-order valence-corrected chi connectivity index (χ3v) is 4.25. The molecule has 0 unspecified atom stereocenters. The number of carbonyl (C=O) groups is 2. The van der Waals surface area contributed by atoms with Crippen molar-refractivity contribution in [3.63, 3.8) is 0 Å². The lowest BCUT2D eigenvalue weighted by molar-refractivity contribution is 0.0937. The Morgan fingerprint density at radius 3 is 2.48 bits per heavy atom. The highest BCUT2D eigenvalue weighted by Gasteiger charge is 2.25. The SMILES string of the molecule is CC(C)C(=O)c1cc(C(=O)NC2CC2)cn(Cc2ccccc2)c1=O. The second-order valence-electron chi connectivity index (χ2n) is 6.83. The molecule has 1 saturated carbocycles. The molecule has 1 aliphatic carbocycles. The summed E-state index contributed by atoms with van der Waals surface area (Å²) >= 11 is 0. The minimum atomic E-state index is -0.356. The fourth-order valence-electron chi connectivity index (χ4n) is 2.64. The predicted molar refractivity (Wildman–Crippen MR) is 95.9 cm³/mol. The summed E-state index contributed by atoms with van der Waals surface area (Å²) in [4.78, 5) is 37.6. The maximum absolute atomic E-state index is 12.7. The molecular formula is C20H22N2O3. The van der Waals surface area contributed by atoms with Crippen LogP contribution in [0.5, 0.6) is 0 Å². The predicted octanol–water partition coefficient (Wildman–Crippen LogP) is 2.63. The van der Waals surface area contributed by atoms with Gasteiger partial charge < -0.3 is 9.88 Å². The fraction of sp³-hybridized carbons (Fsp3) is 0.350. The largest absolute Gasteiger partial charge is 0.349 e. The van der Waals surface area contributed by atoms with Gasteiger partial charge >= 0.3 is 0 Å². The monoisotopic (exact) mass is 338 g/mol. The first kappa shape index (κ1) is 17.1. The maximum Gasteiger partial charge on any atom is 0.261 e. The molecule has 25 heavy (non-hydrogen) atoms. The number of hydrogen-bond acceptors (Lipinski definition) is 3. The van der Waals surface area contributed by atoms with Crippen LogP contribution in [0.25, 0.3) is 0 Å². The standard InChI is InChI=1S/C20H22N2O3/c1-13(2)18(23)17-10-15(19(24)21-16-8-9-16)12-22(20(17)25)11-14-6-4-3-5-7-14/h3-7,10,12-13,16H,8-9,11H2,1-2H3,(H,21,24). The van der Waals surface area contributed by atoms with Crippen LogP contribution in [0.4, 0.5) is 0 Å². The summed E-state index contributed by atoms with van der Waals surface area (Å²) < 4.78 is 1.45. The smallest absolute Gasteiger partial charge is 0.261 e. The molecule has 0 saturated heterocycles. The van der Waals surface area contributed by atoms with Crippen LogP contribution in [0.1, 0.15) is 53.0 Å². The van der Waals surface area contributed by atoms with Crippen LogP contribution in [0.2, 0.25) is 0 Å². The molecule has 1 aromatic carbocycles. The molecule has 1 fully saturated rings. The van der Waals surface area contributed by atoms with Crippen LogP contribution in [0, 0.1) is 5.92 Å². The van der Waals surface area contributed by atoms with E-state index in [2.05, 4.69) is 5.32 Å². The highest BCUT2D eigenvalue weighted by Crippen LogP contribution is 2.19. The summed E-state index contributed by atoms with van der Waals surface area (Å²) in [5, 5.41) is 2.91. The van der Waals surface area contributed by atoms with Crippen molar-refractivity contribution in [2.24, 2.45) is 5.92 Å². The van der Waals surface area contributed by atoms with Crippen LogP contribution < -0.4 is 10.9 Å². The summed E-state index contributed by atoms with van der Waals surface area (Å²) in [7, 11) is 0. The van der Waals surface area contributed by atoms with Crippen molar-refractivity contribution in [3.05, 3.63) is 69.6 Å². The molecule has 0 bridgehead atoms. The first-order chi connectivity index (χ1) is 12.0. The van der Waals surface area contributed by atoms with E-state index in [1.165, 1.54) is 10.6 Å². The molecule has 1 aromatic heterocycles. The minimum absolute atomic E-state index is 0.0781. The number of benzene rings is 1. The zero-order valence-electron chi connectivity index (χ0n) is 14.5. The van der Waals surface area contributed by atoms with Gasteiger partial charge in [0.25, 0.3) is 11.5 Å². The summed E-state index contributed by atoms with van der Waals surface area (Å²) in [5.41, 5.74) is 1.01. The van der Waals surface area contributed by atoms with E-state index < -0.39 is 0 Å². The normalized spacial score (nSPS) is 13.7. The Bertz CT molecular complexity index is 849. The van der Waals surface area contributed by atoms with E-state index in [-0.39, 0.29) is 34.8 Å². The van der Waals surface area contributed by atoms with Gasteiger partial charge in [-0.3, -0.25) is 14.4 Å². The van der Waals surface area contributed by atoms with E-state index >= 15 is 0 Å². The van der Waals surface area contributed by atoms with Crippen molar-refractivity contribution in [1.82, 2.24) is 9.88 Å². The number of aromatic nitrogens is 1. The van der Waals surface area contributed by atoms with Crippen molar-refractivity contribution < 1.29 is 9.59 Å². The molecule has 130 valence electrons. The van der Waals surface area contributed by atoms with Crippen molar-refractivity contribution in [2.45, 2.75) is 39.3 Å². The molecule has 3 rings (SSSR count). The van der Waals surface area contributed by atoms with Gasteiger partial charge in [-0.2, -0.15) is 0 Å². The van der Waals surface area contributed by atoms with E-state index in [1.54, 1.807) is 20.0 Å². The van der Waals surface area contributed by atoms with E-state index in [9.17, 15) is 14.4 Å². The molecule has 0 spiro atoms. The average Bonchev–Trinajstić information content (AvgIpc) is 3.40. The number of Topliss-reactive ketones (excluding diaryl/α,β-unsaturated/α-hetero) is 1. The second kappa shape index (κ2) is 7.05. The van der Waals surface area contributed by atoms with Crippen molar-refractivity contribution >= 4 is 11.7 Å². The zero-order chi connectivity index (χ0) is 18.0. The van der Waals surface area contributed by atoms with Crippen LogP contribution in [0.3, 0.4) is 0 Å². The first-order valence-electron chi connectivity index (χ1n) is 8.59. The first-order valence-corrected chi connectivity index (χ1v) is 8.59. The van der Waals surface area contributed by atoms with Gasteiger partial charge in [-0.1, -0.05) is 44.2 Å². The van der Waals surface area contributed by atoms with Gasteiger partial charge in [0.2, 0.25) is 0 Å². The molecule has 5 heteroatoms. The lowest BCUT2D eigenvalue weighted by atomic mass is 10.0. The Kier molecular flexibility index (Phi) is 4.83. The van der Waals surface area contributed by atoms with Gasteiger partial charge in [-0.05, 0) is 24.5 Å². The highest BCUT2D eigenvalue weighted by atomic mass is 16.2. The van der Waals surface area contributed by atoms with Gasteiger partial charge in [0.1, 0.15) is 0 Å². The molecule has 0 atom stereocenters. The van der Waals surface area contributed by atoms with Gasteiger partial charge in [-0.25, -0.2) is 0 Å². The lowest BCUT2D eigenvalue weighted by Crippen LogP contribution is -2.32. The molecule has 1 amide bonds. The van der Waals surface area contributed by atoms with E-state index in [4.69, 9.17) is 0 Å². The summed E-state index contributed by atoms with van der Waals surface area (Å²) in [6.07, 6.45) is 3.50. The Labute approximate surface area is 146 Å². The zero-order valence-corrected chi connectivity index (χ0v) is 14.5. The molecule has 1 N–H and O–H groups in total. The summed E-state index contributed by atoms with van der Waals surface area (Å²) in [6, 6.07) is 11.2. The van der Waals surface area contributed by atoms with Crippen LogP contribution >= 0.6 is 0 Å². The van der Waals surface area contributed by atoms with Gasteiger partial charge in [0, 0.05) is 18.2 Å². The van der Waals surface area contributed by atoms with Crippen molar-refractivity contribution in [2.75, 3.05) is 0 Å². The van der Waals surface area contributed by atoms with Crippen LogP contribution in [-0.4, -0.2) is 22.3 Å². The highest BCUT2D eigenvalue weighted by molar-refractivity contribution is 6.01. The number of carbonyl (C=O) groups excluding carboxylic acids is 2. The lowest BCUT2D eigenvalue weighted by Gasteiger charge is -2.13. The van der Waals surface area contributed by atoms with E-state index in [1.807, 2.05) is 30.3 Å². The molecule has 1 heterocycles. The van der Waals surface area contributed by atoms with Crippen LogP contribution in [0.15, 0.2) is 47.4 Å². The average molecular weight is 338 g/mol. The Morgan fingerprint density at radius 1 is 1.20 bits per heavy atom. The molecule has 5 nitrogen and oxygen atoms in total. The Balaban J connectivity index is 2.02. The van der Waals surface area contributed by atoms with Crippen LogP contribution in [-0.2, 0) is 6.54 Å². The van der Waals surface area contributed by atoms with Crippen molar-refractivity contribution in [3.8, 4) is 0 Å². The Hall–Kier alpha value is -2.69. The fourth-order valence-corrected chi connectivity index (χ4v) is 2.64. The van der Waals surface area contributed by atoms with E-state index in [0.29, 0.717) is 12.1 Å². The van der Waals surface area contributed by atoms with Crippen molar-refractivity contribution in [1.29, 1.82) is 0 Å². The number of amides is 1. The second-order valence-corrected chi connectivity index (χ2v) is 6.83. The molecule has 1 aliphatic rings. The third-order valence-electron chi connectivity index (χ3n) is 4.25.